The smallest absolute Gasteiger partial charge is 0.407 e. The molecule has 1 aromatic rings. The van der Waals surface area contributed by atoms with E-state index < -0.39 is 0 Å². The molecular weight excluding hydrogens is 312 g/mol. The Bertz CT molecular complexity index is 542. The molecule has 23 heavy (non-hydrogen) atoms. The number of ether oxygens (including phenoxy) is 1. The normalized spacial score (nSPS) is 15.3. The molecule has 0 spiro atoms. The summed E-state index contributed by atoms with van der Waals surface area (Å²) >= 11 is 4.34. The minimum absolute atomic E-state index is 0.000396. The van der Waals surface area contributed by atoms with Crippen LogP contribution in [0, 0.1) is 0 Å². The van der Waals surface area contributed by atoms with Gasteiger partial charge in [-0.2, -0.15) is 0 Å². The summed E-state index contributed by atoms with van der Waals surface area (Å²) in [5, 5.41) is 2.87. The van der Waals surface area contributed by atoms with Gasteiger partial charge in [-0.05, 0) is 31.4 Å². The van der Waals surface area contributed by atoms with Crippen LogP contribution in [-0.4, -0.2) is 42.6 Å². The molecule has 2 amide bonds. The van der Waals surface area contributed by atoms with Crippen molar-refractivity contribution in [3.8, 4) is 0 Å². The van der Waals surface area contributed by atoms with Crippen LogP contribution in [0.2, 0.25) is 0 Å². The van der Waals surface area contributed by atoms with Crippen LogP contribution in [0.25, 0.3) is 0 Å². The minimum Gasteiger partial charge on any atom is -0.450 e. The number of nitrogens with zero attached hydrogens (tertiary/aromatic N) is 1. The molecule has 1 fully saturated rings. The number of nitrogens with one attached hydrogen (secondary N) is 1. The highest BCUT2D eigenvalue weighted by Crippen LogP contribution is 2.18. The minimum atomic E-state index is -0.357. The van der Waals surface area contributed by atoms with Gasteiger partial charge in [0.2, 0.25) is 0 Å². The lowest BCUT2D eigenvalue weighted by Gasteiger charge is -2.32. The molecule has 1 aromatic carbocycles. The highest BCUT2D eigenvalue weighted by molar-refractivity contribution is 7.80. The number of carbonyl (C=O) groups is 2. The third-order valence-corrected chi connectivity index (χ3v) is 4.36. The molecule has 0 radical (unpaired) electrons. The molecule has 1 heterocycles. The van der Waals surface area contributed by atoms with Gasteiger partial charge in [0.15, 0.2) is 0 Å². The number of hydrogen-bond acceptors (Lipinski definition) is 4. The van der Waals surface area contributed by atoms with Crippen molar-refractivity contribution >= 4 is 24.6 Å². The van der Waals surface area contributed by atoms with E-state index in [1.165, 1.54) is 0 Å². The number of hydrogen-bond donors (Lipinski definition) is 2. The van der Waals surface area contributed by atoms with E-state index in [1.54, 1.807) is 6.07 Å². The third kappa shape index (κ3) is 5.16. The van der Waals surface area contributed by atoms with Crippen LogP contribution in [-0.2, 0) is 4.74 Å². The van der Waals surface area contributed by atoms with Gasteiger partial charge < -0.3 is 15.0 Å². The number of unbranched alkanes of at least 4 members (excludes halogenated alkanes) is 1. The molecule has 0 unspecified atom stereocenters. The predicted molar refractivity (Wildman–Crippen MR) is 92.0 cm³/mol. The number of amides is 2. The van der Waals surface area contributed by atoms with Crippen LogP contribution in [0.15, 0.2) is 29.2 Å². The number of benzene rings is 1. The van der Waals surface area contributed by atoms with E-state index in [-0.39, 0.29) is 18.0 Å². The summed E-state index contributed by atoms with van der Waals surface area (Å²) < 4.78 is 5.10. The lowest BCUT2D eigenvalue weighted by molar-refractivity contribution is 0.0698. The van der Waals surface area contributed by atoms with Crippen LogP contribution in [0.3, 0.4) is 0 Å². The fraction of sp³-hybridized carbons (Fsp3) is 0.529. The van der Waals surface area contributed by atoms with Crippen LogP contribution in [0.1, 0.15) is 43.0 Å². The number of carbonyl (C=O) groups excluding carboxylic acids is 2. The first-order valence-corrected chi connectivity index (χ1v) is 8.57. The molecule has 6 heteroatoms. The van der Waals surface area contributed by atoms with Gasteiger partial charge in [-0.15, -0.1) is 12.6 Å². The Kier molecular flexibility index (Phi) is 6.77. The van der Waals surface area contributed by atoms with E-state index in [4.69, 9.17) is 4.74 Å². The van der Waals surface area contributed by atoms with Crippen LogP contribution < -0.4 is 5.32 Å². The third-order valence-electron chi connectivity index (χ3n) is 3.97. The molecule has 0 aliphatic carbocycles. The molecule has 1 saturated heterocycles. The number of alkyl carbamates (subject to hydrolysis) is 1. The van der Waals surface area contributed by atoms with E-state index >= 15 is 0 Å². The first-order valence-electron chi connectivity index (χ1n) is 8.12. The van der Waals surface area contributed by atoms with Crippen LogP contribution in [0.5, 0.6) is 0 Å². The maximum absolute atomic E-state index is 12.5. The Morgan fingerprint density at radius 3 is 2.65 bits per heavy atom. The summed E-state index contributed by atoms with van der Waals surface area (Å²) in [7, 11) is 0. The molecular formula is C17H24N2O3S. The number of thiol groups is 1. The fourth-order valence-corrected chi connectivity index (χ4v) is 2.83. The largest absolute Gasteiger partial charge is 0.450 e. The number of rotatable bonds is 5. The van der Waals surface area contributed by atoms with Crippen molar-refractivity contribution in [2.75, 3.05) is 19.7 Å². The molecule has 0 atom stereocenters. The zero-order valence-corrected chi connectivity index (χ0v) is 14.4. The summed E-state index contributed by atoms with van der Waals surface area (Å²) in [5.41, 5.74) is 0.626. The van der Waals surface area contributed by atoms with Crippen molar-refractivity contribution < 1.29 is 14.3 Å². The highest BCUT2D eigenvalue weighted by atomic mass is 32.1. The van der Waals surface area contributed by atoms with E-state index in [1.807, 2.05) is 23.1 Å². The second-order valence-corrected chi connectivity index (χ2v) is 6.20. The van der Waals surface area contributed by atoms with Gasteiger partial charge >= 0.3 is 6.09 Å². The van der Waals surface area contributed by atoms with Gasteiger partial charge in [0, 0.05) is 24.0 Å². The van der Waals surface area contributed by atoms with Gasteiger partial charge in [0.1, 0.15) is 0 Å². The molecule has 2 rings (SSSR count). The predicted octanol–water partition coefficient (Wildman–Crippen LogP) is 3.11. The zero-order valence-electron chi connectivity index (χ0n) is 13.5. The van der Waals surface area contributed by atoms with Crippen molar-refractivity contribution in [2.45, 2.75) is 43.5 Å². The van der Waals surface area contributed by atoms with E-state index in [2.05, 4.69) is 24.9 Å². The fourth-order valence-electron chi connectivity index (χ4n) is 2.57. The standard InChI is InChI=1S/C17H24N2O3S/c1-2-3-12-22-17(21)18-13-8-10-19(11-9-13)16(20)14-6-4-5-7-15(14)23/h4-7,13,23H,2-3,8-12H2,1H3,(H,18,21). The van der Waals surface area contributed by atoms with Gasteiger partial charge in [-0.1, -0.05) is 25.5 Å². The summed E-state index contributed by atoms with van der Waals surface area (Å²) in [6.45, 7) is 3.76. The van der Waals surface area contributed by atoms with Crippen molar-refractivity contribution in [2.24, 2.45) is 0 Å². The lowest BCUT2D eigenvalue weighted by Crippen LogP contribution is -2.46. The van der Waals surface area contributed by atoms with E-state index in [9.17, 15) is 9.59 Å². The Morgan fingerprint density at radius 2 is 2.00 bits per heavy atom. The number of likely N-dealkylation sites (tertiary alicyclic amines) is 1. The van der Waals surface area contributed by atoms with Gasteiger partial charge in [-0.25, -0.2) is 4.79 Å². The van der Waals surface area contributed by atoms with Crippen molar-refractivity contribution in [1.29, 1.82) is 0 Å². The molecule has 0 saturated carbocycles. The van der Waals surface area contributed by atoms with E-state index in [0.29, 0.717) is 30.2 Å². The average Bonchev–Trinajstić information content (AvgIpc) is 2.56. The highest BCUT2D eigenvalue weighted by Gasteiger charge is 2.25. The molecule has 5 nitrogen and oxygen atoms in total. The summed E-state index contributed by atoms with van der Waals surface area (Å²) in [6.07, 6.45) is 3.00. The van der Waals surface area contributed by atoms with E-state index in [0.717, 1.165) is 25.7 Å². The van der Waals surface area contributed by atoms with Crippen molar-refractivity contribution in [1.82, 2.24) is 10.2 Å². The van der Waals surface area contributed by atoms with Gasteiger partial charge in [0.05, 0.1) is 12.2 Å². The topological polar surface area (TPSA) is 58.6 Å². The molecule has 126 valence electrons. The van der Waals surface area contributed by atoms with Gasteiger partial charge in [-0.3, -0.25) is 4.79 Å². The number of piperidine rings is 1. The first-order chi connectivity index (χ1) is 11.1. The summed E-state index contributed by atoms with van der Waals surface area (Å²) in [5.74, 6) is -0.000396. The summed E-state index contributed by atoms with van der Waals surface area (Å²) in [4.78, 5) is 26.6. The van der Waals surface area contributed by atoms with Crippen LogP contribution in [0.4, 0.5) is 4.79 Å². The second-order valence-electron chi connectivity index (χ2n) is 5.72. The Morgan fingerprint density at radius 1 is 1.30 bits per heavy atom. The summed E-state index contributed by atoms with van der Waals surface area (Å²) in [6, 6.07) is 7.38. The lowest BCUT2D eigenvalue weighted by atomic mass is 10.0. The zero-order chi connectivity index (χ0) is 16.7. The second kappa shape index (κ2) is 8.82. The van der Waals surface area contributed by atoms with Crippen molar-refractivity contribution in [3.63, 3.8) is 0 Å². The Hall–Kier alpha value is -1.69. The first kappa shape index (κ1) is 17.7. The maximum Gasteiger partial charge on any atom is 0.407 e. The maximum atomic E-state index is 12.5. The van der Waals surface area contributed by atoms with Crippen molar-refractivity contribution in [3.05, 3.63) is 29.8 Å². The monoisotopic (exact) mass is 336 g/mol. The molecule has 0 bridgehead atoms. The van der Waals surface area contributed by atoms with Crippen LogP contribution >= 0.6 is 12.6 Å². The molecule has 1 aliphatic heterocycles. The molecule has 1 aliphatic rings. The van der Waals surface area contributed by atoms with Gasteiger partial charge in [0.25, 0.3) is 5.91 Å². The molecule has 1 N–H and O–H groups in total. The SMILES string of the molecule is CCCCOC(=O)NC1CCN(C(=O)c2ccccc2S)CC1. The quantitative estimate of drug-likeness (QED) is 0.642. The molecule has 0 aromatic heterocycles. The Balaban J connectivity index is 1.79. The Labute approximate surface area is 142 Å². The average molecular weight is 336 g/mol.